The van der Waals surface area contributed by atoms with Crippen LogP contribution in [0.25, 0.3) is 6.08 Å². The Labute approximate surface area is 110 Å². The molecule has 1 N–H and O–H groups in total. The minimum atomic E-state index is 0.674. The first-order valence-corrected chi connectivity index (χ1v) is 6.58. The van der Waals surface area contributed by atoms with Crippen molar-refractivity contribution in [2.75, 3.05) is 12.4 Å². The van der Waals surface area contributed by atoms with Crippen molar-refractivity contribution in [1.29, 1.82) is 0 Å². The van der Waals surface area contributed by atoms with E-state index in [-0.39, 0.29) is 0 Å². The maximum Gasteiger partial charge on any atom is 0.0411 e. The van der Waals surface area contributed by atoms with Gasteiger partial charge in [-0.25, -0.2) is 0 Å². The van der Waals surface area contributed by atoms with Crippen LogP contribution in [0.4, 0.5) is 5.69 Å². The molecule has 0 saturated carbocycles. The molecule has 0 saturated heterocycles. The molecule has 1 aromatic carbocycles. The zero-order valence-electron chi connectivity index (χ0n) is 11.2. The van der Waals surface area contributed by atoms with Crippen LogP contribution in [0, 0.1) is 5.92 Å². The number of benzene rings is 1. The van der Waals surface area contributed by atoms with Gasteiger partial charge < -0.3 is 5.32 Å². The molecule has 18 heavy (non-hydrogen) atoms. The molecular formula is C17H21N. The topological polar surface area (TPSA) is 12.0 Å². The first-order valence-electron chi connectivity index (χ1n) is 6.58. The van der Waals surface area contributed by atoms with Gasteiger partial charge in [0.25, 0.3) is 0 Å². The standard InChI is InChI=1S/C17H21N/c1-14-8-3-4-9-15(14)11-7-12-16-10-5-6-13-17(16)18-2/h3-8,10,12-13,15,18H,9,11H2,1-2H3/b12-7-. The Bertz CT molecular complexity index is 480. The summed E-state index contributed by atoms with van der Waals surface area (Å²) in [4.78, 5) is 0. The van der Waals surface area contributed by atoms with Gasteiger partial charge in [-0.15, -0.1) is 0 Å². The van der Waals surface area contributed by atoms with Gasteiger partial charge in [0, 0.05) is 12.7 Å². The highest BCUT2D eigenvalue weighted by molar-refractivity contribution is 5.66. The minimum Gasteiger partial charge on any atom is -0.388 e. The van der Waals surface area contributed by atoms with Gasteiger partial charge in [-0.1, -0.05) is 54.2 Å². The maximum atomic E-state index is 3.22. The zero-order chi connectivity index (χ0) is 12.8. The van der Waals surface area contributed by atoms with Gasteiger partial charge in [0.2, 0.25) is 0 Å². The van der Waals surface area contributed by atoms with Crippen molar-refractivity contribution in [2.24, 2.45) is 5.92 Å². The molecule has 94 valence electrons. The fraction of sp³-hybridized carbons (Fsp3) is 0.294. The Morgan fingerprint density at radius 2 is 2.17 bits per heavy atom. The largest absolute Gasteiger partial charge is 0.388 e. The molecule has 1 aromatic rings. The molecule has 0 aromatic heterocycles. The van der Waals surface area contributed by atoms with E-state index < -0.39 is 0 Å². The molecule has 0 aliphatic heterocycles. The molecule has 0 spiro atoms. The lowest BCUT2D eigenvalue weighted by Crippen LogP contribution is -2.01. The van der Waals surface area contributed by atoms with Crippen LogP contribution in [0.1, 0.15) is 25.3 Å². The Hall–Kier alpha value is -1.76. The van der Waals surface area contributed by atoms with Crippen molar-refractivity contribution in [3.05, 3.63) is 59.7 Å². The van der Waals surface area contributed by atoms with Crippen molar-refractivity contribution >= 4 is 11.8 Å². The number of anilines is 1. The van der Waals surface area contributed by atoms with Crippen molar-refractivity contribution < 1.29 is 0 Å². The molecule has 1 atom stereocenters. The van der Waals surface area contributed by atoms with Crippen molar-refractivity contribution in [2.45, 2.75) is 19.8 Å². The van der Waals surface area contributed by atoms with Gasteiger partial charge in [-0.05, 0) is 37.3 Å². The van der Waals surface area contributed by atoms with Crippen LogP contribution in [-0.4, -0.2) is 7.05 Å². The smallest absolute Gasteiger partial charge is 0.0411 e. The van der Waals surface area contributed by atoms with Crippen molar-refractivity contribution in [3.8, 4) is 0 Å². The van der Waals surface area contributed by atoms with E-state index in [0.717, 1.165) is 6.42 Å². The molecule has 1 aliphatic rings. The van der Waals surface area contributed by atoms with Gasteiger partial charge in [0.05, 0.1) is 0 Å². The van der Waals surface area contributed by atoms with E-state index in [1.54, 1.807) is 0 Å². The molecule has 0 amide bonds. The first kappa shape index (κ1) is 12.7. The van der Waals surface area contributed by atoms with Crippen LogP contribution in [0.3, 0.4) is 0 Å². The third-order valence-electron chi connectivity index (χ3n) is 3.51. The van der Waals surface area contributed by atoms with E-state index in [9.17, 15) is 0 Å². The Balaban J connectivity index is 1.99. The van der Waals surface area contributed by atoms with Crippen LogP contribution in [-0.2, 0) is 0 Å². The van der Waals surface area contributed by atoms with Crippen LogP contribution in [0.5, 0.6) is 0 Å². The Kier molecular flexibility index (Phi) is 4.40. The highest BCUT2D eigenvalue weighted by Gasteiger charge is 2.09. The van der Waals surface area contributed by atoms with Crippen LogP contribution in [0.15, 0.2) is 54.1 Å². The normalized spacial score (nSPS) is 19.0. The number of para-hydroxylation sites is 1. The number of nitrogens with one attached hydrogen (secondary N) is 1. The lowest BCUT2D eigenvalue weighted by molar-refractivity contribution is 0.628. The highest BCUT2D eigenvalue weighted by atomic mass is 14.8. The molecular weight excluding hydrogens is 218 g/mol. The summed E-state index contributed by atoms with van der Waals surface area (Å²) in [6.07, 6.45) is 13.4. The highest BCUT2D eigenvalue weighted by Crippen LogP contribution is 2.24. The lowest BCUT2D eigenvalue weighted by atomic mass is 9.89. The van der Waals surface area contributed by atoms with Crippen LogP contribution >= 0.6 is 0 Å². The number of allylic oxidation sites excluding steroid dienone is 5. The molecule has 0 heterocycles. The monoisotopic (exact) mass is 239 g/mol. The van der Waals surface area contributed by atoms with Crippen molar-refractivity contribution in [1.82, 2.24) is 0 Å². The second-order valence-electron chi connectivity index (χ2n) is 4.75. The van der Waals surface area contributed by atoms with E-state index in [2.05, 4.69) is 66.9 Å². The second kappa shape index (κ2) is 6.25. The lowest BCUT2D eigenvalue weighted by Gasteiger charge is -2.16. The molecule has 1 unspecified atom stereocenters. The third kappa shape index (κ3) is 3.13. The van der Waals surface area contributed by atoms with E-state index >= 15 is 0 Å². The summed E-state index contributed by atoms with van der Waals surface area (Å²) in [7, 11) is 1.96. The second-order valence-corrected chi connectivity index (χ2v) is 4.75. The number of hydrogen-bond acceptors (Lipinski definition) is 1. The summed E-state index contributed by atoms with van der Waals surface area (Å²) in [5, 5.41) is 3.22. The summed E-state index contributed by atoms with van der Waals surface area (Å²) < 4.78 is 0. The zero-order valence-corrected chi connectivity index (χ0v) is 11.2. The minimum absolute atomic E-state index is 0.674. The summed E-state index contributed by atoms with van der Waals surface area (Å²) in [5.74, 6) is 0.674. The Morgan fingerprint density at radius 1 is 1.33 bits per heavy atom. The van der Waals surface area contributed by atoms with E-state index in [1.807, 2.05) is 7.05 Å². The average molecular weight is 239 g/mol. The molecule has 0 radical (unpaired) electrons. The predicted molar refractivity (Wildman–Crippen MR) is 80.6 cm³/mol. The average Bonchev–Trinajstić information content (AvgIpc) is 2.41. The summed E-state index contributed by atoms with van der Waals surface area (Å²) in [6.45, 7) is 2.23. The van der Waals surface area contributed by atoms with Crippen molar-refractivity contribution in [3.63, 3.8) is 0 Å². The predicted octanol–water partition coefficient (Wildman–Crippen LogP) is 4.65. The molecule has 0 fully saturated rings. The van der Waals surface area contributed by atoms with Crippen LogP contribution < -0.4 is 5.32 Å². The summed E-state index contributed by atoms with van der Waals surface area (Å²) >= 11 is 0. The van der Waals surface area contributed by atoms with E-state index in [1.165, 1.54) is 23.2 Å². The molecule has 0 bridgehead atoms. The molecule has 2 rings (SSSR count). The maximum absolute atomic E-state index is 3.22. The fourth-order valence-corrected chi connectivity index (χ4v) is 2.30. The van der Waals surface area contributed by atoms with Gasteiger partial charge in [0.1, 0.15) is 0 Å². The summed E-state index contributed by atoms with van der Waals surface area (Å²) in [6, 6.07) is 8.39. The molecule has 1 heteroatoms. The van der Waals surface area contributed by atoms with Gasteiger partial charge in [-0.3, -0.25) is 0 Å². The van der Waals surface area contributed by atoms with Crippen LogP contribution in [0.2, 0.25) is 0 Å². The SMILES string of the molecule is CNc1ccccc1/C=C\CC1CC=CC=C1C. The summed E-state index contributed by atoms with van der Waals surface area (Å²) in [5.41, 5.74) is 3.93. The molecule has 1 aliphatic carbocycles. The van der Waals surface area contributed by atoms with E-state index in [0.29, 0.717) is 5.92 Å². The van der Waals surface area contributed by atoms with Gasteiger partial charge in [0.15, 0.2) is 0 Å². The third-order valence-corrected chi connectivity index (χ3v) is 3.51. The first-order chi connectivity index (χ1) is 8.81. The quantitative estimate of drug-likeness (QED) is 0.806. The Morgan fingerprint density at radius 3 is 2.94 bits per heavy atom. The van der Waals surface area contributed by atoms with Gasteiger partial charge >= 0.3 is 0 Å². The van der Waals surface area contributed by atoms with Gasteiger partial charge in [-0.2, -0.15) is 0 Å². The fourth-order valence-electron chi connectivity index (χ4n) is 2.30. The number of hydrogen-bond donors (Lipinski definition) is 1. The molecule has 1 nitrogen and oxygen atoms in total. The van der Waals surface area contributed by atoms with E-state index in [4.69, 9.17) is 0 Å². The number of rotatable bonds is 4.